The van der Waals surface area contributed by atoms with Gasteiger partial charge in [-0.2, -0.15) is 0 Å². The number of amides is 1. The average Bonchev–Trinajstić information content (AvgIpc) is 3.28. The van der Waals surface area contributed by atoms with Gasteiger partial charge in [-0.25, -0.2) is 12.8 Å². The van der Waals surface area contributed by atoms with Gasteiger partial charge in [0.15, 0.2) is 0 Å². The zero-order valence-electron chi connectivity index (χ0n) is 16.7. The number of nitrogens with one attached hydrogen (secondary N) is 1. The van der Waals surface area contributed by atoms with Crippen molar-refractivity contribution in [3.63, 3.8) is 0 Å². The van der Waals surface area contributed by atoms with Crippen LogP contribution in [0.2, 0.25) is 0 Å². The number of hydrogen-bond acceptors (Lipinski definition) is 5. The maximum absolute atomic E-state index is 13.8. The maximum Gasteiger partial charge on any atom is 0.262 e. The van der Waals surface area contributed by atoms with E-state index in [1.807, 2.05) is 6.07 Å². The van der Waals surface area contributed by atoms with Gasteiger partial charge in [0.25, 0.3) is 15.9 Å². The Labute approximate surface area is 185 Å². The highest BCUT2D eigenvalue weighted by molar-refractivity contribution is 7.92. The van der Waals surface area contributed by atoms with Gasteiger partial charge in [-0.15, -0.1) is 11.3 Å². The highest BCUT2D eigenvalue weighted by Crippen LogP contribution is 2.21. The average molecular weight is 460 g/mol. The fourth-order valence-electron chi connectivity index (χ4n) is 3.46. The number of carbonyl (C=O) groups excluding carboxylic acids is 1. The molecule has 31 heavy (non-hydrogen) atoms. The lowest BCUT2D eigenvalue weighted by Crippen LogP contribution is -2.48. The van der Waals surface area contributed by atoms with Gasteiger partial charge in [0.05, 0.1) is 10.6 Å². The van der Waals surface area contributed by atoms with E-state index < -0.39 is 15.8 Å². The molecule has 1 N–H and O–H groups in total. The number of anilines is 1. The molecule has 3 aromatic rings. The number of hydrogen-bond donors (Lipinski definition) is 1. The van der Waals surface area contributed by atoms with Gasteiger partial charge in [-0.3, -0.25) is 14.4 Å². The van der Waals surface area contributed by atoms with Crippen LogP contribution < -0.4 is 4.72 Å². The Morgan fingerprint density at radius 1 is 1.00 bits per heavy atom. The molecule has 2 heterocycles. The second kappa shape index (κ2) is 9.17. The van der Waals surface area contributed by atoms with E-state index in [1.165, 1.54) is 41.3 Å². The highest BCUT2D eigenvalue weighted by atomic mass is 32.2. The highest BCUT2D eigenvalue weighted by Gasteiger charge is 2.24. The zero-order chi connectivity index (χ0) is 21.8. The molecule has 0 spiro atoms. The lowest BCUT2D eigenvalue weighted by Gasteiger charge is -2.34. The Hall–Kier alpha value is -2.75. The van der Waals surface area contributed by atoms with Gasteiger partial charge in [0.1, 0.15) is 5.82 Å². The molecule has 1 fully saturated rings. The van der Waals surface area contributed by atoms with Crippen molar-refractivity contribution < 1.29 is 17.6 Å². The van der Waals surface area contributed by atoms with Gasteiger partial charge in [0.2, 0.25) is 0 Å². The molecule has 0 atom stereocenters. The number of benzene rings is 2. The van der Waals surface area contributed by atoms with E-state index in [-0.39, 0.29) is 16.5 Å². The molecule has 1 aliphatic heterocycles. The van der Waals surface area contributed by atoms with Crippen LogP contribution in [0.5, 0.6) is 0 Å². The van der Waals surface area contributed by atoms with Gasteiger partial charge in [-0.1, -0.05) is 24.3 Å². The SMILES string of the molecule is O=C(c1cccc(S(=O)(=O)Nc2ccccc2F)c1)N1CCN(Cc2cccs2)CC1. The summed E-state index contributed by atoms with van der Waals surface area (Å²) in [7, 11) is -4.03. The fourth-order valence-corrected chi connectivity index (χ4v) is 5.32. The topological polar surface area (TPSA) is 69.7 Å². The molecular formula is C22H22FN3O3S2. The maximum atomic E-state index is 13.8. The standard InChI is InChI=1S/C22H22FN3O3S2/c23-20-8-1-2-9-21(20)24-31(28,29)19-7-3-5-17(15-19)22(27)26-12-10-25(11-13-26)16-18-6-4-14-30-18/h1-9,14-15,24H,10-13,16H2. The Morgan fingerprint density at radius 3 is 2.48 bits per heavy atom. The first-order chi connectivity index (χ1) is 14.9. The van der Waals surface area contributed by atoms with E-state index >= 15 is 0 Å². The summed E-state index contributed by atoms with van der Waals surface area (Å²) in [6.07, 6.45) is 0. The summed E-state index contributed by atoms with van der Waals surface area (Å²) in [5.41, 5.74) is 0.157. The summed E-state index contributed by atoms with van der Waals surface area (Å²) in [5, 5.41) is 2.05. The van der Waals surface area contributed by atoms with Crippen LogP contribution in [0, 0.1) is 5.82 Å². The molecule has 2 aromatic carbocycles. The predicted molar refractivity (Wildman–Crippen MR) is 119 cm³/mol. The van der Waals surface area contributed by atoms with Crippen LogP contribution in [-0.4, -0.2) is 50.3 Å². The Bertz CT molecular complexity index is 1160. The van der Waals surface area contributed by atoms with E-state index in [0.29, 0.717) is 18.7 Å². The van der Waals surface area contributed by atoms with Crippen LogP contribution in [0.3, 0.4) is 0 Å². The number of halogens is 1. The Morgan fingerprint density at radius 2 is 1.77 bits per heavy atom. The van der Waals surface area contributed by atoms with Crippen LogP contribution in [0.15, 0.2) is 70.9 Å². The fraction of sp³-hybridized carbons (Fsp3) is 0.227. The molecule has 4 rings (SSSR count). The quantitative estimate of drug-likeness (QED) is 0.611. The molecule has 162 valence electrons. The largest absolute Gasteiger partial charge is 0.336 e. The molecule has 1 amide bonds. The smallest absolute Gasteiger partial charge is 0.262 e. The van der Waals surface area contributed by atoms with E-state index in [9.17, 15) is 17.6 Å². The van der Waals surface area contributed by atoms with Crippen molar-refractivity contribution in [2.75, 3.05) is 30.9 Å². The van der Waals surface area contributed by atoms with Crippen molar-refractivity contribution in [3.05, 3.63) is 82.3 Å². The first-order valence-corrected chi connectivity index (χ1v) is 12.2. The Kier molecular flexibility index (Phi) is 6.35. The number of rotatable bonds is 6. The summed E-state index contributed by atoms with van der Waals surface area (Å²) >= 11 is 1.72. The molecule has 1 aromatic heterocycles. The monoisotopic (exact) mass is 459 g/mol. The van der Waals surface area contributed by atoms with Crippen LogP contribution >= 0.6 is 11.3 Å². The lowest BCUT2D eigenvalue weighted by atomic mass is 10.2. The normalized spacial score (nSPS) is 15.1. The summed E-state index contributed by atoms with van der Waals surface area (Å²) in [6.45, 7) is 3.55. The summed E-state index contributed by atoms with van der Waals surface area (Å²) in [6, 6.07) is 15.5. The van der Waals surface area contributed by atoms with Crippen molar-refractivity contribution in [1.82, 2.24) is 9.80 Å². The van der Waals surface area contributed by atoms with E-state index in [1.54, 1.807) is 28.4 Å². The molecule has 1 saturated heterocycles. The number of carbonyl (C=O) groups is 1. The molecule has 0 unspecified atom stereocenters. The third kappa shape index (κ3) is 5.12. The van der Waals surface area contributed by atoms with Crippen molar-refractivity contribution in [1.29, 1.82) is 0 Å². The Balaban J connectivity index is 1.43. The molecule has 0 aliphatic carbocycles. The van der Waals surface area contributed by atoms with E-state index in [4.69, 9.17) is 0 Å². The van der Waals surface area contributed by atoms with Crippen molar-refractivity contribution in [2.24, 2.45) is 0 Å². The molecule has 6 nitrogen and oxygen atoms in total. The van der Waals surface area contributed by atoms with Crippen molar-refractivity contribution in [3.8, 4) is 0 Å². The van der Waals surface area contributed by atoms with Gasteiger partial charge in [0, 0.05) is 43.2 Å². The van der Waals surface area contributed by atoms with Crippen molar-refractivity contribution >= 4 is 33.0 Å². The van der Waals surface area contributed by atoms with Crippen LogP contribution in [0.4, 0.5) is 10.1 Å². The molecule has 1 aliphatic rings. The predicted octanol–water partition coefficient (Wildman–Crippen LogP) is 3.65. The third-order valence-electron chi connectivity index (χ3n) is 5.13. The van der Waals surface area contributed by atoms with Crippen LogP contribution in [-0.2, 0) is 16.6 Å². The third-order valence-corrected chi connectivity index (χ3v) is 7.35. The van der Waals surface area contributed by atoms with Gasteiger partial charge in [-0.05, 0) is 41.8 Å². The minimum absolute atomic E-state index is 0.0852. The molecule has 0 saturated carbocycles. The van der Waals surface area contributed by atoms with Crippen molar-refractivity contribution in [2.45, 2.75) is 11.4 Å². The van der Waals surface area contributed by atoms with Gasteiger partial charge >= 0.3 is 0 Å². The minimum Gasteiger partial charge on any atom is -0.336 e. The number of sulfonamides is 1. The number of para-hydroxylation sites is 1. The second-order valence-electron chi connectivity index (χ2n) is 7.26. The molecule has 0 radical (unpaired) electrons. The second-order valence-corrected chi connectivity index (χ2v) is 9.98. The van der Waals surface area contributed by atoms with E-state index in [2.05, 4.69) is 21.1 Å². The molecule has 9 heteroatoms. The summed E-state index contributed by atoms with van der Waals surface area (Å²) in [4.78, 5) is 18.2. The van der Waals surface area contributed by atoms with Gasteiger partial charge < -0.3 is 4.90 Å². The molecule has 0 bridgehead atoms. The summed E-state index contributed by atoms with van der Waals surface area (Å²) in [5.74, 6) is -0.877. The lowest BCUT2D eigenvalue weighted by molar-refractivity contribution is 0.0629. The first-order valence-electron chi connectivity index (χ1n) is 9.84. The van der Waals surface area contributed by atoms with E-state index in [0.717, 1.165) is 19.6 Å². The summed E-state index contributed by atoms with van der Waals surface area (Å²) < 4.78 is 41.5. The molecular weight excluding hydrogens is 437 g/mol. The number of piperazine rings is 1. The number of nitrogens with zero attached hydrogens (tertiary/aromatic N) is 2. The minimum atomic E-state index is -4.03. The van der Waals surface area contributed by atoms with Crippen LogP contribution in [0.25, 0.3) is 0 Å². The zero-order valence-corrected chi connectivity index (χ0v) is 18.3. The number of thiophene rings is 1. The first kappa shape index (κ1) is 21.5. The van der Waals surface area contributed by atoms with Crippen LogP contribution in [0.1, 0.15) is 15.2 Å².